The van der Waals surface area contributed by atoms with Gasteiger partial charge in [-0.25, -0.2) is 0 Å². The van der Waals surface area contributed by atoms with Crippen molar-refractivity contribution in [1.29, 1.82) is 0 Å². The van der Waals surface area contributed by atoms with Gasteiger partial charge in [-0.15, -0.1) is 0 Å². The van der Waals surface area contributed by atoms with E-state index in [1.807, 2.05) is 31.2 Å². The molecule has 2 rings (SSSR count). The van der Waals surface area contributed by atoms with Crippen molar-refractivity contribution in [1.82, 2.24) is 4.90 Å². The summed E-state index contributed by atoms with van der Waals surface area (Å²) in [5, 5.41) is 10.7. The first-order valence-electron chi connectivity index (χ1n) is 7.22. The Labute approximate surface area is 135 Å². The van der Waals surface area contributed by atoms with E-state index in [4.69, 9.17) is 4.74 Å². The molecule has 1 heterocycles. The van der Waals surface area contributed by atoms with Crippen molar-refractivity contribution >= 4 is 15.9 Å². The van der Waals surface area contributed by atoms with E-state index in [-0.39, 0.29) is 5.92 Å². The molecule has 0 unspecified atom stereocenters. The van der Waals surface area contributed by atoms with Gasteiger partial charge < -0.3 is 14.7 Å². The van der Waals surface area contributed by atoms with Crippen LogP contribution in [-0.4, -0.2) is 41.8 Å². The van der Waals surface area contributed by atoms with Crippen molar-refractivity contribution in [2.75, 3.05) is 20.2 Å². The molecule has 0 amide bonds. The lowest BCUT2D eigenvalue weighted by atomic mass is 9.80. The van der Waals surface area contributed by atoms with Crippen LogP contribution in [0, 0.1) is 17.8 Å². The molecule has 0 spiro atoms. The van der Waals surface area contributed by atoms with Gasteiger partial charge in [0.05, 0.1) is 0 Å². The quantitative estimate of drug-likeness (QED) is 0.831. The molecule has 0 radical (unpaired) electrons. The Bertz CT molecular complexity index is 534. The molecule has 4 heteroatoms. The monoisotopic (exact) mass is 351 g/mol. The normalized spacial score (nSPS) is 29.6. The van der Waals surface area contributed by atoms with Crippen LogP contribution in [0.5, 0.6) is 5.75 Å². The van der Waals surface area contributed by atoms with Gasteiger partial charge in [-0.2, -0.15) is 0 Å². The molecule has 1 aliphatic heterocycles. The molecule has 0 aromatic heterocycles. The average molecular weight is 352 g/mol. The molecule has 1 aromatic rings. The largest absolute Gasteiger partial charge is 0.481 e. The molecule has 1 fully saturated rings. The van der Waals surface area contributed by atoms with E-state index in [9.17, 15) is 5.11 Å². The maximum atomic E-state index is 10.7. The third-order valence-electron chi connectivity index (χ3n) is 4.17. The van der Waals surface area contributed by atoms with E-state index in [0.29, 0.717) is 19.1 Å². The summed E-state index contributed by atoms with van der Waals surface area (Å²) in [6, 6.07) is 7.98. The number of aliphatic hydroxyl groups is 1. The molecule has 3 nitrogen and oxygen atoms in total. The van der Waals surface area contributed by atoms with E-state index < -0.39 is 5.60 Å². The Hall–Kier alpha value is -1.02. The summed E-state index contributed by atoms with van der Waals surface area (Å²) in [6.07, 6.45) is 0.677. The first-order valence-corrected chi connectivity index (χ1v) is 8.01. The Morgan fingerprint density at radius 3 is 2.71 bits per heavy atom. The van der Waals surface area contributed by atoms with Gasteiger partial charge in [-0.3, -0.25) is 0 Å². The van der Waals surface area contributed by atoms with E-state index in [1.165, 1.54) is 0 Å². The van der Waals surface area contributed by atoms with Gasteiger partial charge in [0, 0.05) is 29.4 Å². The predicted octanol–water partition coefficient (Wildman–Crippen LogP) is 2.92. The molecule has 0 aliphatic carbocycles. The molecule has 1 aliphatic rings. The Morgan fingerprint density at radius 2 is 2.05 bits per heavy atom. The van der Waals surface area contributed by atoms with Crippen molar-refractivity contribution in [3.63, 3.8) is 0 Å². The summed E-state index contributed by atoms with van der Waals surface area (Å²) in [5.74, 6) is 6.92. The van der Waals surface area contributed by atoms with Crippen LogP contribution >= 0.6 is 15.9 Å². The van der Waals surface area contributed by atoms with E-state index in [0.717, 1.165) is 16.8 Å². The minimum atomic E-state index is -0.908. The van der Waals surface area contributed by atoms with Crippen molar-refractivity contribution < 1.29 is 9.84 Å². The van der Waals surface area contributed by atoms with Crippen LogP contribution < -0.4 is 4.74 Å². The molecule has 1 aromatic carbocycles. The zero-order chi connectivity index (χ0) is 15.5. The number of piperidine rings is 1. The topological polar surface area (TPSA) is 32.7 Å². The molecule has 0 saturated carbocycles. The first kappa shape index (κ1) is 16.4. The zero-order valence-electron chi connectivity index (χ0n) is 12.8. The zero-order valence-corrected chi connectivity index (χ0v) is 14.4. The molecular weight excluding hydrogens is 330 g/mol. The van der Waals surface area contributed by atoms with E-state index in [2.05, 4.69) is 46.6 Å². The summed E-state index contributed by atoms with van der Waals surface area (Å²) < 4.78 is 6.58. The number of halogens is 1. The third-order valence-corrected chi connectivity index (χ3v) is 4.69. The van der Waals surface area contributed by atoms with Crippen LogP contribution in [0.3, 0.4) is 0 Å². The molecule has 114 valence electrons. The van der Waals surface area contributed by atoms with Crippen molar-refractivity contribution in [3.05, 3.63) is 28.7 Å². The van der Waals surface area contributed by atoms with Crippen LogP contribution in [-0.2, 0) is 0 Å². The van der Waals surface area contributed by atoms with E-state index >= 15 is 0 Å². The Morgan fingerprint density at radius 1 is 1.38 bits per heavy atom. The van der Waals surface area contributed by atoms with Gasteiger partial charge in [0.25, 0.3) is 0 Å². The summed E-state index contributed by atoms with van der Waals surface area (Å²) in [4.78, 5) is 2.26. The van der Waals surface area contributed by atoms with Gasteiger partial charge in [0.15, 0.2) is 0 Å². The molecule has 21 heavy (non-hydrogen) atoms. The van der Waals surface area contributed by atoms with Crippen LogP contribution in [0.2, 0.25) is 0 Å². The number of nitrogens with zero attached hydrogens (tertiary/aromatic N) is 1. The fourth-order valence-electron chi connectivity index (χ4n) is 2.58. The Kier molecular flexibility index (Phi) is 5.32. The number of benzene rings is 1. The number of rotatable bonds is 2. The van der Waals surface area contributed by atoms with Crippen LogP contribution in [0.1, 0.15) is 20.3 Å². The second-order valence-corrected chi connectivity index (χ2v) is 6.78. The van der Waals surface area contributed by atoms with Crippen LogP contribution in [0.4, 0.5) is 0 Å². The lowest BCUT2D eigenvalue weighted by molar-refractivity contribution is -0.0347. The lowest BCUT2D eigenvalue weighted by Gasteiger charge is -2.42. The maximum absolute atomic E-state index is 10.7. The Balaban J connectivity index is 1.93. The van der Waals surface area contributed by atoms with Crippen LogP contribution in [0.25, 0.3) is 0 Å². The van der Waals surface area contributed by atoms with Gasteiger partial charge in [0.2, 0.25) is 0 Å². The maximum Gasteiger partial charge on any atom is 0.149 e. The van der Waals surface area contributed by atoms with Gasteiger partial charge >= 0.3 is 0 Å². The molecule has 1 saturated heterocycles. The highest BCUT2D eigenvalue weighted by Crippen LogP contribution is 2.30. The second-order valence-electron chi connectivity index (χ2n) is 5.86. The summed E-state index contributed by atoms with van der Waals surface area (Å²) in [7, 11) is 2.09. The molecular formula is C17H22BrNO2. The fraction of sp³-hybridized carbons (Fsp3) is 0.529. The number of likely N-dealkylation sites (tertiary alicyclic amines) is 1. The highest BCUT2D eigenvalue weighted by atomic mass is 79.9. The third kappa shape index (κ3) is 4.23. The summed E-state index contributed by atoms with van der Waals surface area (Å²) in [5.41, 5.74) is -0.908. The fourth-order valence-corrected chi connectivity index (χ4v) is 2.85. The molecule has 0 bridgehead atoms. The highest BCUT2D eigenvalue weighted by Gasteiger charge is 2.39. The van der Waals surface area contributed by atoms with Crippen LogP contribution in [0.15, 0.2) is 28.7 Å². The smallest absolute Gasteiger partial charge is 0.149 e. The van der Waals surface area contributed by atoms with E-state index in [1.54, 1.807) is 0 Å². The average Bonchev–Trinajstić information content (AvgIpc) is 2.44. The molecule has 3 atom stereocenters. The first-order chi connectivity index (χ1) is 9.90. The minimum Gasteiger partial charge on any atom is -0.481 e. The minimum absolute atomic E-state index is 0.138. The van der Waals surface area contributed by atoms with Crippen molar-refractivity contribution in [3.8, 4) is 17.6 Å². The standard InChI is InChI=1S/C17H22BrNO2/c1-13-12-19(3)14(2)11-17(13,20)9-4-10-21-16-7-5-15(18)6-8-16/h5-8,13-14,20H,10-12H2,1-3H3/t13-,14-,17-/m1/s1. The number of hydrogen-bond acceptors (Lipinski definition) is 3. The predicted molar refractivity (Wildman–Crippen MR) is 88.2 cm³/mol. The highest BCUT2D eigenvalue weighted by molar-refractivity contribution is 9.10. The van der Waals surface area contributed by atoms with Crippen molar-refractivity contribution in [2.45, 2.75) is 31.9 Å². The van der Waals surface area contributed by atoms with Gasteiger partial charge in [-0.1, -0.05) is 34.7 Å². The lowest BCUT2D eigenvalue weighted by Crippen LogP contribution is -2.52. The number of ether oxygens (including phenoxy) is 1. The SMILES string of the molecule is C[C@@H]1C[C@](O)(C#CCOc2ccc(Br)cc2)[C@H](C)CN1C. The second kappa shape index (κ2) is 6.83. The van der Waals surface area contributed by atoms with Crippen molar-refractivity contribution in [2.24, 2.45) is 5.92 Å². The molecule has 1 N–H and O–H groups in total. The summed E-state index contributed by atoms with van der Waals surface area (Å²) in [6.45, 7) is 5.32. The van der Waals surface area contributed by atoms with Gasteiger partial charge in [-0.05, 0) is 38.2 Å². The number of hydrogen-bond donors (Lipinski definition) is 1. The van der Waals surface area contributed by atoms with Gasteiger partial charge in [0.1, 0.15) is 18.0 Å². The summed E-state index contributed by atoms with van der Waals surface area (Å²) >= 11 is 3.38.